The Morgan fingerprint density at radius 1 is 1.48 bits per heavy atom. The molecule has 1 amide bonds. The number of fused-ring (bicyclic) bond motifs is 1. The highest BCUT2D eigenvalue weighted by Crippen LogP contribution is 2.15. The molecule has 0 spiro atoms. The van der Waals surface area contributed by atoms with Crippen LogP contribution in [0.15, 0.2) is 12.4 Å². The molecular formula is C13H20N4O3S. The van der Waals surface area contributed by atoms with Gasteiger partial charge in [0.05, 0.1) is 5.75 Å². The maximum atomic E-state index is 12.0. The van der Waals surface area contributed by atoms with E-state index in [1.165, 1.54) is 4.31 Å². The average molecular weight is 312 g/mol. The van der Waals surface area contributed by atoms with Gasteiger partial charge in [-0.25, -0.2) is 17.7 Å². The Bertz CT molecular complexity index is 625. The number of hydrogen-bond donors (Lipinski definition) is 1. The molecule has 7 nitrogen and oxygen atoms in total. The van der Waals surface area contributed by atoms with Crippen molar-refractivity contribution in [2.75, 3.05) is 18.8 Å². The fourth-order valence-corrected chi connectivity index (χ4v) is 4.48. The van der Waals surface area contributed by atoms with Gasteiger partial charge in [-0.15, -0.1) is 0 Å². The second-order valence-electron chi connectivity index (χ2n) is 5.62. The van der Waals surface area contributed by atoms with Crippen LogP contribution in [-0.2, 0) is 27.8 Å². The van der Waals surface area contributed by atoms with Crippen molar-refractivity contribution in [2.24, 2.45) is 0 Å². The van der Waals surface area contributed by atoms with Gasteiger partial charge in [-0.1, -0.05) is 0 Å². The molecule has 0 aromatic carbocycles. The van der Waals surface area contributed by atoms with Gasteiger partial charge in [0.25, 0.3) is 0 Å². The Kier molecular flexibility index (Phi) is 3.99. The SMILES string of the molecule is O=C(CCN1CCCS1(=O)=O)N[C@@H]1CCc2nccn2C1. The maximum Gasteiger partial charge on any atom is 0.221 e. The van der Waals surface area contributed by atoms with Crippen LogP contribution in [0.5, 0.6) is 0 Å². The number of nitrogens with zero attached hydrogens (tertiary/aromatic N) is 3. The van der Waals surface area contributed by atoms with Gasteiger partial charge < -0.3 is 9.88 Å². The lowest BCUT2D eigenvalue weighted by Gasteiger charge is -2.25. The summed E-state index contributed by atoms with van der Waals surface area (Å²) in [6, 6.07) is 0.106. The van der Waals surface area contributed by atoms with Crippen molar-refractivity contribution in [3.8, 4) is 0 Å². The van der Waals surface area contributed by atoms with E-state index in [0.29, 0.717) is 13.0 Å². The summed E-state index contributed by atoms with van der Waals surface area (Å²) < 4.78 is 26.8. The van der Waals surface area contributed by atoms with Gasteiger partial charge in [0.15, 0.2) is 0 Å². The Hall–Kier alpha value is -1.41. The lowest BCUT2D eigenvalue weighted by atomic mass is 10.1. The van der Waals surface area contributed by atoms with E-state index in [2.05, 4.69) is 14.9 Å². The van der Waals surface area contributed by atoms with Crippen LogP contribution in [0.3, 0.4) is 0 Å². The summed E-state index contributed by atoms with van der Waals surface area (Å²) in [6.07, 6.45) is 6.33. The summed E-state index contributed by atoms with van der Waals surface area (Å²) in [7, 11) is -3.11. The molecule has 1 aromatic heterocycles. The highest BCUT2D eigenvalue weighted by atomic mass is 32.2. The molecule has 0 bridgehead atoms. The molecule has 1 N–H and O–H groups in total. The minimum atomic E-state index is -3.11. The molecule has 0 saturated carbocycles. The summed E-state index contributed by atoms with van der Waals surface area (Å²) in [5.41, 5.74) is 0. The number of nitrogens with one attached hydrogen (secondary N) is 1. The van der Waals surface area contributed by atoms with Crippen LogP contribution in [0, 0.1) is 0 Å². The lowest BCUT2D eigenvalue weighted by Crippen LogP contribution is -2.42. The molecule has 0 radical (unpaired) electrons. The normalized spacial score (nSPS) is 24.7. The fraction of sp³-hybridized carbons (Fsp3) is 0.692. The molecule has 21 heavy (non-hydrogen) atoms. The predicted octanol–water partition coefficient (Wildman–Crippen LogP) is -0.260. The van der Waals surface area contributed by atoms with E-state index in [0.717, 1.165) is 25.2 Å². The lowest BCUT2D eigenvalue weighted by molar-refractivity contribution is -0.122. The summed E-state index contributed by atoms with van der Waals surface area (Å²) in [5, 5.41) is 2.99. The van der Waals surface area contributed by atoms with E-state index in [1.807, 2.05) is 6.20 Å². The van der Waals surface area contributed by atoms with Crippen molar-refractivity contribution in [1.29, 1.82) is 0 Å². The van der Waals surface area contributed by atoms with Gasteiger partial charge >= 0.3 is 0 Å². The van der Waals surface area contributed by atoms with Crippen LogP contribution < -0.4 is 5.32 Å². The molecule has 1 atom stereocenters. The monoisotopic (exact) mass is 312 g/mol. The topological polar surface area (TPSA) is 84.3 Å². The fourth-order valence-electron chi connectivity index (χ4n) is 2.95. The maximum absolute atomic E-state index is 12.0. The molecule has 0 aliphatic carbocycles. The van der Waals surface area contributed by atoms with E-state index in [4.69, 9.17) is 0 Å². The molecule has 2 aliphatic heterocycles. The zero-order chi connectivity index (χ0) is 14.9. The molecule has 8 heteroatoms. The first kappa shape index (κ1) is 14.5. The number of carbonyl (C=O) groups excluding carboxylic acids is 1. The summed E-state index contributed by atoms with van der Waals surface area (Å²) in [4.78, 5) is 16.2. The number of imidazole rings is 1. The zero-order valence-corrected chi connectivity index (χ0v) is 12.7. The van der Waals surface area contributed by atoms with E-state index >= 15 is 0 Å². The third-order valence-electron chi connectivity index (χ3n) is 4.09. The second kappa shape index (κ2) is 5.76. The van der Waals surface area contributed by atoms with Crippen LogP contribution in [-0.4, -0.2) is 53.1 Å². The number of aryl methyl sites for hydroxylation is 1. The van der Waals surface area contributed by atoms with E-state index < -0.39 is 10.0 Å². The van der Waals surface area contributed by atoms with Gasteiger partial charge in [0.2, 0.25) is 15.9 Å². The smallest absolute Gasteiger partial charge is 0.221 e. The first-order valence-electron chi connectivity index (χ1n) is 7.32. The molecule has 1 fully saturated rings. The molecule has 116 valence electrons. The van der Waals surface area contributed by atoms with Crippen molar-refractivity contribution in [1.82, 2.24) is 19.2 Å². The Morgan fingerprint density at radius 3 is 3.10 bits per heavy atom. The molecule has 1 saturated heterocycles. The van der Waals surface area contributed by atoms with E-state index in [-0.39, 0.29) is 30.7 Å². The molecular weight excluding hydrogens is 292 g/mol. The third-order valence-corrected chi connectivity index (χ3v) is 6.05. The third kappa shape index (κ3) is 3.26. The first-order valence-corrected chi connectivity index (χ1v) is 8.93. The van der Waals surface area contributed by atoms with Crippen LogP contribution in [0.2, 0.25) is 0 Å². The van der Waals surface area contributed by atoms with Crippen molar-refractivity contribution in [2.45, 2.75) is 38.3 Å². The Labute approximate surface area is 124 Å². The summed E-state index contributed by atoms with van der Waals surface area (Å²) in [6.45, 7) is 1.57. The molecule has 3 heterocycles. The van der Waals surface area contributed by atoms with Crippen LogP contribution in [0.4, 0.5) is 0 Å². The standard InChI is InChI=1S/C13H20N4O3S/c18-13(4-7-17-6-1-9-21(17,19)20)15-11-2-3-12-14-5-8-16(12)10-11/h5,8,11H,1-4,6-7,9-10H2,(H,15,18)/t11-/m1/s1. The zero-order valence-electron chi connectivity index (χ0n) is 11.9. The highest BCUT2D eigenvalue weighted by molar-refractivity contribution is 7.89. The average Bonchev–Trinajstić information content (AvgIpc) is 3.01. The van der Waals surface area contributed by atoms with Gasteiger partial charge in [-0.05, 0) is 12.8 Å². The number of sulfonamides is 1. The van der Waals surface area contributed by atoms with Crippen molar-refractivity contribution >= 4 is 15.9 Å². The van der Waals surface area contributed by atoms with Crippen molar-refractivity contribution < 1.29 is 13.2 Å². The van der Waals surface area contributed by atoms with Crippen LogP contribution in [0.25, 0.3) is 0 Å². The quantitative estimate of drug-likeness (QED) is 0.830. The molecule has 3 rings (SSSR count). The van der Waals surface area contributed by atoms with Gasteiger partial charge in [-0.2, -0.15) is 0 Å². The number of aromatic nitrogens is 2. The van der Waals surface area contributed by atoms with E-state index in [9.17, 15) is 13.2 Å². The largest absolute Gasteiger partial charge is 0.352 e. The first-order chi connectivity index (χ1) is 10.0. The highest BCUT2D eigenvalue weighted by Gasteiger charge is 2.28. The minimum Gasteiger partial charge on any atom is -0.352 e. The number of amides is 1. The van der Waals surface area contributed by atoms with Crippen LogP contribution in [0.1, 0.15) is 25.1 Å². The van der Waals surface area contributed by atoms with E-state index in [1.54, 1.807) is 6.20 Å². The Morgan fingerprint density at radius 2 is 2.33 bits per heavy atom. The molecule has 2 aliphatic rings. The molecule has 1 aromatic rings. The number of hydrogen-bond acceptors (Lipinski definition) is 4. The van der Waals surface area contributed by atoms with Crippen LogP contribution >= 0.6 is 0 Å². The second-order valence-corrected chi connectivity index (χ2v) is 7.71. The van der Waals surface area contributed by atoms with Gasteiger partial charge in [-0.3, -0.25) is 4.79 Å². The predicted molar refractivity (Wildman–Crippen MR) is 77.1 cm³/mol. The summed E-state index contributed by atoms with van der Waals surface area (Å²) in [5.74, 6) is 1.19. The number of rotatable bonds is 4. The van der Waals surface area contributed by atoms with Crippen molar-refractivity contribution in [3.63, 3.8) is 0 Å². The molecule has 0 unspecified atom stereocenters. The Balaban J connectivity index is 1.47. The van der Waals surface area contributed by atoms with Gasteiger partial charge in [0, 0.05) is 50.9 Å². The minimum absolute atomic E-state index is 0.0781. The van der Waals surface area contributed by atoms with Gasteiger partial charge in [0.1, 0.15) is 5.82 Å². The summed E-state index contributed by atoms with van der Waals surface area (Å²) >= 11 is 0. The number of carbonyl (C=O) groups is 1. The van der Waals surface area contributed by atoms with Crippen molar-refractivity contribution in [3.05, 3.63) is 18.2 Å².